The van der Waals surface area contributed by atoms with Crippen molar-refractivity contribution in [1.29, 1.82) is 5.26 Å². The van der Waals surface area contributed by atoms with Gasteiger partial charge >= 0.3 is 0 Å². The average Bonchev–Trinajstić information content (AvgIpc) is 1.12. The third kappa shape index (κ3) is 27.5. The van der Waals surface area contributed by atoms with E-state index in [0.717, 1.165) is 212 Å². The SMILES string of the molecule is COCC(O)CN(c1cc(OC)cc(OC)c1)c1ccc2ncc(-c3cnn(C(C)C)c3)nc2c1.COCC(O)CN(c1cc(OC)cc(OC)c1)c1ccc2ncc(-c3cnn(C(C)C)c3)nc2c1.COc1cc(F)cc(N(CCNC(C)C)c2ccc3ncc(-c4cnn(C5CCCCO5)c4)nc3c2)c1.COc1cc(OC)cc(N(CCCN2CCC[C@H]2CC#N)c2ccc3ncc(-c4cnn(C)c4)nc3c2)c1.S. The number of aliphatic hydroxyl groups is 2. The molecule has 8 aromatic heterocycles. The highest BCUT2D eigenvalue weighted by Gasteiger charge is 2.28. The first-order valence-electron chi connectivity index (χ1n) is 48.5. The van der Waals surface area contributed by atoms with Crippen molar-refractivity contribution in [3.63, 3.8) is 0 Å². The van der Waals surface area contributed by atoms with E-state index >= 15 is 0 Å². The van der Waals surface area contributed by atoms with Crippen molar-refractivity contribution in [3.8, 4) is 91.3 Å². The molecule has 18 rings (SSSR count). The van der Waals surface area contributed by atoms with Gasteiger partial charge in [-0.2, -0.15) is 39.2 Å². The van der Waals surface area contributed by atoms with Gasteiger partial charge in [0.1, 0.15) is 52.3 Å². The minimum atomic E-state index is -0.716. The van der Waals surface area contributed by atoms with Crippen molar-refractivity contribution in [2.45, 2.75) is 129 Å². The number of hydrogen-bond acceptors (Lipinski definition) is 31. The molecule has 35 nitrogen and oxygen atoms in total. The number of aromatic nitrogens is 16. The van der Waals surface area contributed by atoms with Gasteiger partial charge in [-0.05, 0) is 152 Å². The zero-order valence-electron chi connectivity index (χ0n) is 85.5. The zero-order valence-corrected chi connectivity index (χ0v) is 86.5. The van der Waals surface area contributed by atoms with Crippen molar-refractivity contribution >= 4 is 103 Å². The van der Waals surface area contributed by atoms with Crippen LogP contribution in [-0.4, -0.2) is 248 Å². The third-order valence-corrected chi connectivity index (χ3v) is 24.9. The molecule has 2 fully saturated rings. The Morgan fingerprint density at radius 3 is 1.19 bits per heavy atom. The van der Waals surface area contributed by atoms with Gasteiger partial charge in [0.25, 0.3) is 0 Å². The Kier molecular flexibility index (Phi) is 37.5. The minimum absolute atomic E-state index is 0. The normalized spacial score (nSPS) is 13.9. The number of benzene rings is 8. The molecular formula is C109H130FN23O12S. The van der Waals surface area contributed by atoms with E-state index in [9.17, 15) is 19.9 Å². The summed E-state index contributed by atoms with van der Waals surface area (Å²) in [6.07, 6.45) is 27.7. The molecule has 0 radical (unpaired) electrons. The standard InChI is InChI=1S/C29H33N7O2.C28H33FN6O2.2C26H31N5O4.H2S/c1-34-20-21(18-32-34)29-19-31-27-8-7-23(16-28(27)33-29)36(24-14-25(37-2)17-26(15-24)38-3)13-5-12-35-11-4-6-22(35)9-10-30;1-19(2)30-9-10-34(23-12-21(29)13-24(14-23)36-3)22-7-8-25-26(15-22)33-27(17-31-25)20-16-32-35(18-20)28-6-4-5-11-37-28;2*1-17(2)31-14-18(12-28-31)26-13-27-24-7-6-19(10-25(24)29-26)30(15-21(32)16-33-3)20-8-22(34-4)11-23(9-20)35-5;/h7-8,14-20,22H,4-6,9,11-13H2,1-3H3;7-8,12-19,28,30H,4-6,9-11H2,1-3H3;2*6-14,17,21,32H,15-16H2,1-5H3;1H2/t22-;;;;/m0..../s1. The molecule has 0 bridgehead atoms. The number of likely N-dealkylation sites (tertiary alicyclic amines) is 1. The Bertz CT molecular complexity index is 6770. The van der Waals surface area contributed by atoms with Gasteiger partial charge in [-0.3, -0.25) is 38.9 Å². The summed E-state index contributed by atoms with van der Waals surface area (Å²) >= 11 is 0. The number of fused-ring (bicyclic) bond motifs is 4. The number of nitrogens with one attached hydrogen (secondary N) is 1. The highest BCUT2D eigenvalue weighted by molar-refractivity contribution is 7.59. The van der Waals surface area contributed by atoms with E-state index in [1.54, 1.807) is 118 Å². The predicted molar refractivity (Wildman–Crippen MR) is 572 cm³/mol. The predicted octanol–water partition coefficient (Wildman–Crippen LogP) is 19.0. The van der Waals surface area contributed by atoms with E-state index < -0.39 is 12.2 Å². The van der Waals surface area contributed by atoms with Gasteiger partial charge in [0.2, 0.25) is 0 Å². The highest BCUT2D eigenvalue weighted by atomic mass is 32.1. The van der Waals surface area contributed by atoms with Crippen molar-refractivity contribution in [2.24, 2.45) is 7.05 Å². The first-order chi connectivity index (χ1) is 70.4. The van der Waals surface area contributed by atoms with Gasteiger partial charge in [0.15, 0.2) is 0 Å². The van der Waals surface area contributed by atoms with Crippen molar-refractivity contribution in [2.75, 3.05) is 149 Å². The summed E-state index contributed by atoms with van der Waals surface area (Å²) in [5.41, 5.74) is 19.7. The van der Waals surface area contributed by atoms with E-state index in [4.69, 9.17) is 67.3 Å². The quantitative estimate of drug-likeness (QED) is 0.0322. The Morgan fingerprint density at radius 1 is 0.432 bits per heavy atom. The Labute approximate surface area is 857 Å². The first kappa shape index (κ1) is 107. The second-order valence-corrected chi connectivity index (χ2v) is 36.2. The van der Waals surface area contributed by atoms with Crippen LogP contribution in [0.3, 0.4) is 0 Å². The number of rotatable bonds is 39. The summed E-state index contributed by atoms with van der Waals surface area (Å²) in [6.45, 7) is 18.4. The van der Waals surface area contributed by atoms with Crippen LogP contribution in [0, 0.1) is 17.1 Å². The molecule has 16 aromatic rings. The number of nitriles is 1. The fourth-order valence-corrected chi connectivity index (χ4v) is 17.4. The summed E-state index contributed by atoms with van der Waals surface area (Å²) in [5.74, 6) is 4.18. The van der Waals surface area contributed by atoms with Crippen molar-refractivity contribution in [3.05, 3.63) is 226 Å². The highest BCUT2D eigenvalue weighted by Crippen LogP contribution is 2.41. The number of hydrogen-bond donors (Lipinski definition) is 3. The summed E-state index contributed by atoms with van der Waals surface area (Å²) in [4.78, 5) is 48.8. The van der Waals surface area contributed by atoms with E-state index in [1.807, 2.05) is 177 Å². The average molecular weight is 2010 g/mol. The molecule has 8 aromatic carbocycles. The number of aryl methyl sites for hydroxylation is 1. The molecule has 0 spiro atoms. The Balaban J connectivity index is 0.000000154. The molecule has 4 atom stereocenters. The number of aliphatic hydroxyl groups excluding tert-OH is 2. The van der Waals surface area contributed by atoms with Gasteiger partial charge in [-0.25, -0.2) is 29.0 Å². The largest absolute Gasteiger partial charge is 0.497 e. The number of methoxy groups -OCH3 is 9. The summed E-state index contributed by atoms with van der Waals surface area (Å²) in [5, 5.41) is 51.4. The van der Waals surface area contributed by atoms with Crippen LogP contribution in [0.5, 0.6) is 40.2 Å². The van der Waals surface area contributed by atoms with Crippen LogP contribution in [0.15, 0.2) is 220 Å². The third-order valence-electron chi connectivity index (χ3n) is 24.9. The van der Waals surface area contributed by atoms with Gasteiger partial charge in [-0.15, -0.1) is 0 Å². The van der Waals surface area contributed by atoms with Crippen LogP contribution in [0.25, 0.3) is 89.2 Å². The fourth-order valence-electron chi connectivity index (χ4n) is 17.4. The van der Waals surface area contributed by atoms with Gasteiger partial charge in [0.05, 0.1) is 217 Å². The fraction of sp³-hybridized carbons (Fsp3) is 0.367. The van der Waals surface area contributed by atoms with Gasteiger partial charge in [0, 0.05) is 237 Å². The summed E-state index contributed by atoms with van der Waals surface area (Å²) < 4.78 is 76.3. The second-order valence-electron chi connectivity index (χ2n) is 36.2. The molecule has 0 aliphatic carbocycles. The minimum Gasteiger partial charge on any atom is -0.497 e. The van der Waals surface area contributed by atoms with Crippen LogP contribution in [0.4, 0.5) is 49.9 Å². The monoisotopic (exact) mass is 2000 g/mol. The number of nitrogens with zero attached hydrogens (tertiary/aromatic N) is 22. The maximum atomic E-state index is 14.4. The number of anilines is 8. The van der Waals surface area contributed by atoms with Crippen LogP contribution in [-0.2, 0) is 21.3 Å². The van der Waals surface area contributed by atoms with Crippen LogP contribution < -0.4 is 58.1 Å². The van der Waals surface area contributed by atoms with Gasteiger partial charge < -0.3 is 82.5 Å². The molecule has 766 valence electrons. The molecule has 0 saturated carbocycles. The zero-order chi connectivity index (χ0) is 102. The van der Waals surface area contributed by atoms with E-state index in [0.29, 0.717) is 72.6 Å². The van der Waals surface area contributed by atoms with Crippen molar-refractivity contribution < 1.29 is 62.0 Å². The Morgan fingerprint density at radius 2 is 0.815 bits per heavy atom. The molecule has 0 amide bonds. The smallest absolute Gasteiger partial charge is 0.150 e. The molecular weight excluding hydrogens is 1870 g/mol. The van der Waals surface area contributed by atoms with E-state index in [-0.39, 0.29) is 50.8 Å². The molecule has 146 heavy (non-hydrogen) atoms. The molecule has 10 heterocycles. The maximum absolute atomic E-state index is 14.4. The lowest BCUT2D eigenvalue weighted by molar-refractivity contribution is -0.0394. The van der Waals surface area contributed by atoms with E-state index in [2.05, 4.69) is 120 Å². The lowest BCUT2D eigenvalue weighted by atomic mass is 10.1. The molecule has 3 N–H and O–H groups in total. The van der Waals surface area contributed by atoms with E-state index in [1.165, 1.54) is 12.1 Å². The van der Waals surface area contributed by atoms with Crippen LogP contribution in [0.2, 0.25) is 0 Å². The lowest BCUT2D eigenvalue weighted by Gasteiger charge is -2.28. The summed E-state index contributed by atoms with van der Waals surface area (Å²) in [7, 11) is 16.3. The molecule has 2 aliphatic rings. The lowest BCUT2D eigenvalue weighted by Crippen LogP contribution is -2.32. The van der Waals surface area contributed by atoms with Crippen LogP contribution >= 0.6 is 13.5 Å². The maximum Gasteiger partial charge on any atom is 0.150 e. The van der Waals surface area contributed by atoms with Crippen LogP contribution in [0.1, 0.15) is 105 Å². The second kappa shape index (κ2) is 51.2. The molecule has 2 saturated heterocycles. The molecule has 37 heteroatoms. The Hall–Kier alpha value is -14.8. The first-order valence-corrected chi connectivity index (χ1v) is 48.5. The molecule has 2 aliphatic heterocycles. The topological polar surface area (TPSA) is 359 Å². The number of halogens is 1. The van der Waals surface area contributed by atoms with Crippen molar-refractivity contribution in [1.82, 2.24) is 89.2 Å². The number of ether oxygens (including phenoxy) is 10. The molecule has 3 unspecified atom stereocenters. The summed E-state index contributed by atoms with van der Waals surface area (Å²) in [6, 6.07) is 49.3. The van der Waals surface area contributed by atoms with Gasteiger partial charge in [-0.1, -0.05) is 13.8 Å².